The van der Waals surface area contributed by atoms with Gasteiger partial charge in [-0.1, -0.05) is 24.3 Å². The van der Waals surface area contributed by atoms with Crippen molar-refractivity contribution in [3.8, 4) is 0 Å². The van der Waals surface area contributed by atoms with Gasteiger partial charge in [0, 0.05) is 17.0 Å². The zero-order chi connectivity index (χ0) is 17.6. The van der Waals surface area contributed by atoms with E-state index in [-0.39, 0.29) is 17.8 Å². The highest BCUT2D eigenvalue weighted by atomic mass is 32.1. The summed E-state index contributed by atoms with van der Waals surface area (Å²) in [6.07, 6.45) is 3.00. The van der Waals surface area contributed by atoms with Gasteiger partial charge in [-0.05, 0) is 36.3 Å². The number of fused-ring (bicyclic) bond motifs is 3. The first kappa shape index (κ1) is 15.9. The van der Waals surface area contributed by atoms with Crippen LogP contribution < -0.4 is 5.56 Å². The molecule has 0 amide bonds. The molecule has 128 valence electrons. The van der Waals surface area contributed by atoms with Crippen molar-refractivity contribution in [3.63, 3.8) is 0 Å². The molecule has 2 heterocycles. The normalized spacial score (nSPS) is 16.8. The van der Waals surface area contributed by atoms with Crippen LogP contribution in [0.1, 0.15) is 29.3 Å². The van der Waals surface area contributed by atoms with Gasteiger partial charge in [0.15, 0.2) is 4.83 Å². The largest absolute Gasteiger partial charge is 0.279 e. The third kappa shape index (κ3) is 2.82. The Morgan fingerprint density at radius 3 is 2.84 bits per heavy atom. The van der Waals surface area contributed by atoms with Gasteiger partial charge < -0.3 is 0 Å². The number of hydrogen-bond acceptors (Lipinski definition) is 6. The molecule has 3 aromatic rings. The van der Waals surface area contributed by atoms with Crippen molar-refractivity contribution in [2.45, 2.75) is 32.7 Å². The predicted octanol–water partition coefficient (Wildman–Crippen LogP) is 2.93. The zero-order valence-electron chi connectivity index (χ0n) is 13.6. The Bertz CT molecular complexity index is 1020. The molecule has 2 aromatic heterocycles. The number of aryl methyl sites for hydroxylation is 1. The van der Waals surface area contributed by atoms with Crippen molar-refractivity contribution < 1.29 is 4.92 Å². The molecule has 8 heteroatoms. The molecule has 0 N–H and O–H groups in total. The molecule has 0 aliphatic heterocycles. The van der Waals surface area contributed by atoms with Crippen LogP contribution in [0.4, 0.5) is 5.69 Å². The van der Waals surface area contributed by atoms with Crippen molar-refractivity contribution in [3.05, 3.63) is 60.7 Å². The third-order valence-electron chi connectivity index (χ3n) is 4.66. The molecule has 0 spiro atoms. The average molecular weight is 356 g/mol. The van der Waals surface area contributed by atoms with Gasteiger partial charge in [0.1, 0.15) is 0 Å². The van der Waals surface area contributed by atoms with Gasteiger partial charge in [0.2, 0.25) is 0 Å². The van der Waals surface area contributed by atoms with Gasteiger partial charge >= 0.3 is 0 Å². The molecule has 1 aliphatic rings. The minimum Gasteiger partial charge on any atom is -0.267 e. The van der Waals surface area contributed by atoms with Crippen LogP contribution in [0.15, 0.2) is 29.1 Å². The molecule has 0 unspecified atom stereocenters. The molecule has 0 saturated carbocycles. The van der Waals surface area contributed by atoms with Crippen molar-refractivity contribution in [2.24, 2.45) is 5.92 Å². The predicted molar refractivity (Wildman–Crippen MR) is 95.1 cm³/mol. The summed E-state index contributed by atoms with van der Waals surface area (Å²) in [7, 11) is 0. The van der Waals surface area contributed by atoms with Crippen molar-refractivity contribution in [1.29, 1.82) is 0 Å². The smallest absolute Gasteiger partial charge is 0.267 e. The highest BCUT2D eigenvalue weighted by molar-refractivity contribution is 7.18. The Labute approximate surface area is 147 Å². The number of nitrogens with zero attached hydrogens (tertiary/aromatic N) is 4. The number of aromatic nitrogens is 3. The third-order valence-corrected chi connectivity index (χ3v) is 5.80. The molecule has 0 radical (unpaired) electrons. The molecule has 0 bridgehead atoms. The summed E-state index contributed by atoms with van der Waals surface area (Å²) >= 11 is 1.58. The van der Waals surface area contributed by atoms with Crippen LogP contribution in [0.25, 0.3) is 10.2 Å². The Balaban J connectivity index is 1.72. The van der Waals surface area contributed by atoms with E-state index in [9.17, 15) is 14.9 Å². The van der Waals surface area contributed by atoms with E-state index in [1.54, 1.807) is 23.5 Å². The van der Waals surface area contributed by atoms with Crippen LogP contribution in [0.3, 0.4) is 0 Å². The maximum absolute atomic E-state index is 12.9. The van der Waals surface area contributed by atoms with E-state index in [1.807, 2.05) is 0 Å². The fourth-order valence-corrected chi connectivity index (χ4v) is 4.61. The fourth-order valence-electron chi connectivity index (χ4n) is 3.29. The van der Waals surface area contributed by atoms with Gasteiger partial charge in [-0.15, -0.1) is 16.4 Å². The highest BCUT2D eigenvalue weighted by Crippen LogP contribution is 2.35. The average Bonchev–Trinajstić information content (AvgIpc) is 2.96. The summed E-state index contributed by atoms with van der Waals surface area (Å²) in [6, 6.07) is 6.14. The summed E-state index contributed by atoms with van der Waals surface area (Å²) in [5.41, 5.74) is 1.81. The quantitative estimate of drug-likeness (QED) is 0.531. The van der Waals surface area contributed by atoms with Crippen LogP contribution >= 0.6 is 11.3 Å². The van der Waals surface area contributed by atoms with Crippen molar-refractivity contribution >= 4 is 27.2 Å². The lowest BCUT2D eigenvalue weighted by Gasteiger charge is -2.17. The number of hydrogen-bond donors (Lipinski definition) is 0. The second-order valence-corrected chi connectivity index (χ2v) is 7.59. The molecular formula is C17H16N4O3S. The number of nitro benzene ring substituents is 1. The number of rotatable bonds is 3. The number of thiophene rings is 1. The molecular weight excluding hydrogens is 340 g/mol. The van der Waals surface area contributed by atoms with Crippen LogP contribution in [0.5, 0.6) is 0 Å². The number of non-ortho nitro benzene ring substituents is 1. The van der Waals surface area contributed by atoms with Crippen LogP contribution in [-0.4, -0.2) is 19.9 Å². The number of benzene rings is 1. The van der Waals surface area contributed by atoms with E-state index in [0.717, 1.165) is 30.4 Å². The Morgan fingerprint density at radius 2 is 2.12 bits per heavy atom. The van der Waals surface area contributed by atoms with Gasteiger partial charge in [0.25, 0.3) is 11.2 Å². The van der Waals surface area contributed by atoms with Crippen LogP contribution in [0, 0.1) is 16.0 Å². The monoisotopic (exact) mass is 356 g/mol. The summed E-state index contributed by atoms with van der Waals surface area (Å²) in [6.45, 7) is 2.48. The Hall–Kier alpha value is -2.61. The molecule has 1 aromatic carbocycles. The standard InChI is InChI=1S/C17H16N4O3S/c1-10-2-7-13-14(8-10)25-16-15(13)17(22)20(19-18-16)9-11-3-5-12(6-4-11)21(23)24/h3-6,10H,2,7-9H2,1H3/t10-/m0/s1. The minimum absolute atomic E-state index is 0.0265. The molecule has 0 fully saturated rings. The molecule has 4 rings (SSSR count). The summed E-state index contributed by atoms with van der Waals surface area (Å²) in [5.74, 6) is 0.635. The lowest BCUT2D eigenvalue weighted by molar-refractivity contribution is -0.384. The van der Waals surface area contributed by atoms with E-state index >= 15 is 0 Å². The first-order valence-corrected chi connectivity index (χ1v) is 8.96. The first-order valence-electron chi connectivity index (χ1n) is 8.14. The lowest BCUT2D eigenvalue weighted by atomic mass is 9.89. The lowest BCUT2D eigenvalue weighted by Crippen LogP contribution is -2.25. The van der Waals surface area contributed by atoms with E-state index in [0.29, 0.717) is 16.1 Å². The molecule has 1 atom stereocenters. The molecule has 1 aliphatic carbocycles. The first-order chi connectivity index (χ1) is 12.0. The van der Waals surface area contributed by atoms with Crippen molar-refractivity contribution in [2.75, 3.05) is 0 Å². The Morgan fingerprint density at radius 1 is 1.36 bits per heavy atom. The SMILES string of the molecule is C[C@H]1CCc2c(sc3nnn(Cc4ccc([N+](=O)[O-])cc4)c(=O)c23)C1. The molecule has 0 saturated heterocycles. The fraction of sp³-hybridized carbons (Fsp3) is 0.353. The summed E-state index contributed by atoms with van der Waals surface area (Å²) in [4.78, 5) is 25.1. The number of nitro groups is 1. The van der Waals surface area contributed by atoms with Gasteiger partial charge in [0.05, 0.1) is 16.9 Å². The van der Waals surface area contributed by atoms with Crippen LogP contribution in [0.2, 0.25) is 0 Å². The zero-order valence-corrected chi connectivity index (χ0v) is 14.5. The second kappa shape index (κ2) is 6.03. The van der Waals surface area contributed by atoms with Gasteiger partial charge in [-0.2, -0.15) is 0 Å². The topological polar surface area (TPSA) is 90.9 Å². The van der Waals surface area contributed by atoms with E-state index < -0.39 is 4.92 Å². The minimum atomic E-state index is -0.444. The van der Waals surface area contributed by atoms with Gasteiger partial charge in [-0.25, -0.2) is 4.68 Å². The summed E-state index contributed by atoms with van der Waals surface area (Å²) < 4.78 is 1.34. The van der Waals surface area contributed by atoms with E-state index in [4.69, 9.17) is 0 Å². The van der Waals surface area contributed by atoms with Crippen LogP contribution in [-0.2, 0) is 19.4 Å². The maximum Gasteiger partial charge on any atom is 0.279 e. The van der Waals surface area contributed by atoms with Gasteiger partial charge in [-0.3, -0.25) is 14.9 Å². The molecule has 25 heavy (non-hydrogen) atoms. The molecule has 7 nitrogen and oxygen atoms in total. The highest BCUT2D eigenvalue weighted by Gasteiger charge is 2.23. The van der Waals surface area contributed by atoms with Crippen molar-refractivity contribution in [1.82, 2.24) is 15.0 Å². The second-order valence-electron chi connectivity index (χ2n) is 6.51. The maximum atomic E-state index is 12.9. The van der Waals surface area contributed by atoms with E-state index in [2.05, 4.69) is 17.2 Å². The summed E-state index contributed by atoms with van der Waals surface area (Å²) in [5, 5.41) is 19.7. The van der Waals surface area contributed by atoms with E-state index in [1.165, 1.54) is 21.7 Å². The Kier molecular flexibility index (Phi) is 3.84.